The summed E-state index contributed by atoms with van der Waals surface area (Å²) in [7, 11) is 0. The molecule has 0 rings (SSSR count). The summed E-state index contributed by atoms with van der Waals surface area (Å²) in [6, 6.07) is -3.77. The van der Waals surface area contributed by atoms with Gasteiger partial charge < -0.3 is 32.5 Å². The van der Waals surface area contributed by atoms with Crippen LogP contribution in [0.5, 0.6) is 0 Å². The Labute approximate surface area is 177 Å². The number of carbonyl (C=O) groups is 4. The molecule has 0 heterocycles. The smallest absolute Gasteiger partial charge is 0.326 e. The third kappa shape index (κ3) is 11.1. The summed E-state index contributed by atoms with van der Waals surface area (Å²) < 4.78 is 0. The fraction of sp³-hybridized carbons (Fsp3) is 0.778. The van der Waals surface area contributed by atoms with Crippen LogP contribution in [0.15, 0.2) is 0 Å². The molecule has 0 aromatic heterocycles. The topological polar surface area (TPSA) is 177 Å². The van der Waals surface area contributed by atoms with Crippen LogP contribution in [0.1, 0.15) is 46.5 Å². The first kappa shape index (κ1) is 27.1. The van der Waals surface area contributed by atoms with Crippen LogP contribution in [-0.2, 0) is 19.2 Å². The number of aliphatic carboxylic acids is 1. The van der Waals surface area contributed by atoms with Gasteiger partial charge in [0.25, 0.3) is 0 Å². The minimum Gasteiger partial charge on any atom is -0.480 e. The van der Waals surface area contributed by atoms with E-state index in [0.29, 0.717) is 25.8 Å². The molecule has 0 fully saturated rings. The number of hydrogen-bond donors (Lipinski definition) is 7. The minimum absolute atomic E-state index is 0.0985. The van der Waals surface area contributed by atoms with Crippen LogP contribution in [0.25, 0.3) is 0 Å². The first-order valence-electron chi connectivity index (χ1n) is 9.73. The van der Waals surface area contributed by atoms with Crippen molar-refractivity contribution in [1.29, 1.82) is 0 Å². The largest absolute Gasteiger partial charge is 0.480 e. The highest BCUT2D eigenvalue weighted by atomic mass is 32.1. The molecule has 0 aliphatic carbocycles. The standard InChI is InChI=1S/C18H35N5O5S/c1-10(2)8-14(23-16(25)12(20)9-29)17(26)21-11(3)15(24)22-13(18(27)28)6-4-5-7-19/h10-14,29H,4-9,19-20H2,1-3H3,(H,21,26)(H,22,24)(H,23,25)(H,27,28). The quantitative estimate of drug-likeness (QED) is 0.135. The summed E-state index contributed by atoms with van der Waals surface area (Å²) >= 11 is 3.97. The normalized spacial score (nSPS) is 15.1. The number of rotatable bonds is 14. The third-order valence-corrected chi connectivity index (χ3v) is 4.58. The van der Waals surface area contributed by atoms with Gasteiger partial charge in [-0.15, -0.1) is 0 Å². The Balaban J connectivity index is 4.93. The Hall–Kier alpha value is -1.85. The van der Waals surface area contributed by atoms with E-state index in [9.17, 15) is 24.3 Å². The lowest BCUT2D eigenvalue weighted by atomic mass is 10.0. The van der Waals surface area contributed by atoms with Crippen LogP contribution in [0.2, 0.25) is 0 Å². The number of hydrogen-bond acceptors (Lipinski definition) is 7. The summed E-state index contributed by atoms with van der Waals surface area (Å²) in [5, 5.41) is 16.8. The zero-order chi connectivity index (χ0) is 22.6. The second kappa shape index (κ2) is 14.2. The van der Waals surface area contributed by atoms with E-state index in [1.165, 1.54) is 6.92 Å². The molecule has 0 saturated carbocycles. The van der Waals surface area contributed by atoms with E-state index in [1.807, 2.05) is 13.8 Å². The van der Waals surface area contributed by atoms with Crippen LogP contribution < -0.4 is 27.4 Å². The number of nitrogens with one attached hydrogen (secondary N) is 3. The van der Waals surface area contributed by atoms with Crippen molar-refractivity contribution in [2.24, 2.45) is 17.4 Å². The maximum atomic E-state index is 12.6. The number of carbonyl (C=O) groups excluding carboxylic acids is 3. The van der Waals surface area contributed by atoms with E-state index in [0.717, 1.165) is 0 Å². The van der Waals surface area contributed by atoms with Gasteiger partial charge in [0.05, 0.1) is 6.04 Å². The van der Waals surface area contributed by atoms with Gasteiger partial charge in [-0.05, 0) is 45.1 Å². The molecule has 29 heavy (non-hydrogen) atoms. The van der Waals surface area contributed by atoms with Crippen molar-refractivity contribution < 1.29 is 24.3 Å². The highest BCUT2D eigenvalue weighted by molar-refractivity contribution is 7.80. The Bertz CT molecular complexity index is 561. The summed E-state index contributed by atoms with van der Waals surface area (Å²) in [4.78, 5) is 48.2. The van der Waals surface area contributed by atoms with Gasteiger partial charge in [-0.1, -0.05) is 13.8 Å². The molecule has 11 heteroatoms. The van der Waals surface area contributed by atoms with Crippen LogP contribution in [0.3, 0.4) is 0 Å². The van der Waals surface area contributed by atoms with Gasteiger partial charge in [0.1, 0.15) is 18.1 Å². The molecule has 3 amide bonds. The Morgan fingerprint density at radius 1 is 0.931 bits per heavy atom. The molecule has 4 unspecified atom stereocenters. The zero-order valence-corrected chi connectivity index (χ0v) is 18.2. The van der Waals surface area contributed by atoms with Crippen molar-refractivity contribution in [3.8, 4) is 0 Å². The van der Waals surface area contributed by atoms with Crippen molar-refractivity contribution in [3.05, 3.63) is 0 Å². The van der Waals surface area contributed by atoms with E-state index in [2.05, 4.69) is 28.6 Å². The number of carboxylic acids is 1. The summed E-state index contributed by atoms with van der Waals surface area (Å²) in [6.45, 7) is 5.66. The molecule has 0 aromatic rings. The lowest BCUT2D eigenvalue weighted by molar-refractivity contribution is -0.142. The molecule has 0 aliphatic heterocycles. The number of nitrogens with two attached hydrogens (primary N) is 2. The van der Waals surface area contributed by atoms with Gasteiger partial charge in [-0.3, -0.25) is 14.4 Å². The van der Waals surface area contributed by atoms with E-state index in [-0.39, 0.29) is 18.1 Å². The Kier molecular flexibility index (Phi) is 13.3. The van der Waals surface area contributed by atoms with Gasteiger partial charge >= 0.3 is 5.97 Å². The highest BCUT2D eigenvalue weighted by Crippen LogP contribution is 2.06. The lowest BCUT2D eigenvalue weighted by Gasteiger charge is -2.24. The monoisotopic (exact) mass is 433 g/mol. The number of carboxylic acid groups (broad SMARTS) is 1. The fourth-order valence-corrected chi connectivity index (χ4v) is 2.66. The van der Waals surface area contributed by atoms with E-state index in [1.54, 1.807) is 0 Å². The van der Waals surface area contributed by atoms with Crippen LogP contribution >= 0.6 is 12.6 Å². The van der Waals surface area contributed by atoms with E-state index in [4.69, 9.17) is 11.5 Å². The number of unbranched alkanes of at least 4 members (excludes halogenated alkanes) is 1. The average molecular weight is 434 g/mol. The Morgan fingerprint density at radius 3 is 2.00 bits per heavy atom. The van der Waals surface area contributed by atoms with Gasteiger partial charge in [0.2, 0.25) is 17.7 Å². The van der Waals surface area contributed by atoms with Gasteiger partial charge in [0, 0.05) is 5.75 Å². The molecule has 0 spiro atoms. The molecular formula is C18H35N5O5S. The summed E-state index contributed by atoms with van der Waals surface area (Å²) in [5.74, 6) is -2.61. The van der Waals surface area contributed by atoms with Crippen molar-refractivity contribution in [2.45, 2.75) is 70.6 Å². The second-order valence-electron chi connectivity index (χ2n) is 7.39. The summed E-state index contributed by atoms with van der Waals surface area (Å²) in [5.41, 5.74) is 11.0. The van der Waals surface area contributed by atoms with Crippen LogP contribution in [0.4, 0.5) is 0 Å². The molecule has 4 atom stereocenters. The number of thiol groups is 1. The predicted molar refractivity (Wildman–Crippen MR) is 113 cm³/mol. The highest BCUT2D eigenvalue weighted by Gasteiger charge is 2.28. The van der Waals surface area contributed by atoms with Crippen LogP contribution in [-0.4, -0.2) is 65.3 Å². The molecule has 8 N–H and O–H groups in total. The Morgan fingerprint density at radius 2 is 1.52 bits per heavy atom. The SMILES string of the molecule is CC(C)CC(NC(=O)C(N)CS)C(=O)NC(C)C(=O)NC(CCCCN)C(=O)O. The van der Waals surface area contributed by atoms with Gasteiger partial charge in [-0.25, -0.2) is 4.79 Å². The molecular weight excluding hydrogens is 398 g/mol. The molecule has 0 aromatic carbocycles. The minimum atomic E-state index is -1.15. The lowest BCUT2D eigenvalue weighted by Crippen LogP contribution is -2.56. The molecule has 0 aliphatic rings. The van der Waals surface area contributed by atoms with Crippen molar-refractivity contribution in [2.75, 3.05) is 12.3 Å². The van der Waals surface area contributed by atoms with Gasteiger partial charge in [0.15, 0.2) is 0 Å². The van der Waals surface area contributed by atoms with Gasteiger partial charge in [-0.2, -0.15) is 12.6 Å². The van der Waals surface area contributed by atoms with Crippen LogP contribution in [0, 0.1) is 5.92 Å². The fourth-order valence-electron chi connectivity index (χ4n) is 2.49. The molecule has 0 bridgehead atoms. The second-order valence-corrected chi connectivity index (χ2v) is 7.76. The maximum Gasteiger partial charge on any atom is 0.326 e. The first-order chi connectivity index (χ1) is 13.5. The first-order valence-corrected chi connectivity index (χ1v) is 10.4. The molecule has 0 radical (unpaired) electrons. The van der Waals surface area contributed by atoms with E-state index < -0.39 is 47.9 Å². The summed E-state index contributed by atoms with van der Waals surface area (Å²) in [6.07, 6.45) is 1.80. The molecule has 168 valence electrons. The average Bonchev–Trinajstić information content (AvgIpc) is 2.65. The van der Waals surface area contributed by atoms with E-state index >= 15 is 0 Å². The zero-order valence-electron chi connectivity index (χ0n) is 17.3. The molecule has 10 nitrogen and oxygen atoms in total. The molecule has 0 saturated heterocycles. The predicted octanol–water partition coefficient (Wildman–Crippen LogP) is -1.02. The van der Waals surface area contributed by atoms with Crippen molar-refractivity contribution >= 4 is 36.3 Å². The van der Waals surface area contributed by atoms with Crippen molar-refractivity contribution in [3.63, 3.8) is 0 Å². The number of amides is 3. The van der Waals surface area contributed by atoms with Crippen molar-refractivity contribution in [1.82, 2.24) is 16.0 Å². The maximum absolute atomic E-state index is 12.6. The third-order valence-electron chi connectivity index (χ3n) is 4.19.